The Hall–Kier alpha value is -3.48. The van der Waals surface area contributed by atoms with Crippen molar-refractivity contribution in [3.8, 4) is 16.9 Å². The van der Waals surface area contributed by atoms with Crippen LogP contribution in [0.25, 0.3) is 16.9 Å². The second-order valence-corrected chi connectivity index (χ2v) is 8.59. The number of nitrogens with one attached hydrogen (secondary N) is 1. The Balaban J connectivity index is 1.33. The van der Waals surface area contributed by atoms with Gasteiger partial charge in [-0.1, -0.05) is 30.3 Å². The summed E-state index contributed by atoms with van der Waals surface area (Å²) >= 11 is 0. The van der Waals surface area contributed by atoms with E-state index in [0.29, 0.717) is 6.54 Å². The SMILES string of the molecule is OC1CCN(Cc2cccc(NCc3cn(-c4ccccc4)nc3-c3cccnc3)c2)CC1. The van der Waals surface area contributed by atoms with Gasteiger partial charge in [-0.05, 0) is 54.8 Å². The third kappa shape index (κ3) is 5.30. The molecule has 4 aromatic rings. The fraction of sp³-hybridized carbons (Fsp3) is 0.259. The van der Waals surface area contributed by atoms with Gasteiger partial charge in [0, 0.05) is 61.6 Å². The average molecular weight is 440 g/mol. The van der Waals surface area contributed by atoms with Crippen molar-refractivity contribution in [3.05, 3.63) is 96.4 Å². The highest BCUT2D eigenvalue weighted by Gasteiger charge is 2.17. The van der Waals surface area contributed by atoms with Gasteiger partial charge >= 0.3 is 0 Å². The van der Waals surface area contributed by atoms with Crippen LogP contribution in [-0.4, -0.2) is 44.0 Å². The van der Waals surface area contributed by atoms with E-state index in [1.54, 1.807) is 6.20 Å². The molecule has 0 aliphatic carbocycles. The number of hydrogen-bond donors (Lipinski definition) is 2. The van der Waals surface area contributed by atoms with Gasteiger partial charge in [-0.15, -0.1) is 0 Å². The number of aliphatic hydroxyl groups is 1. The number of para-hydroxylation sites is 1. The lowest BCUT2D eigenvalue weighted by molar-refractivity contribution is 0.0792. The second kappa shape index (κ2) is 9.98. The second-order valence-electron chi connectivity index (χ2n) is 8.59. The Labute approximate surface area is 194 Å². The first-order valence-corrected chi connectivity index (χ1v) is 11.5. The van der Waals surface area contributed by atoms with Gasteiger partial charge in [-0.25, -0.2) is 4.68 Å². The van der Waals surface area contributed by atoms with Crippen LogP contribution in [0.1, 0.15) is 24.0 Å². The third-order valence-corrected chi connectivity index (χ3v) is 6.12. The van der Waals surface area contributed by atoms with Crippen LogP contribution in [-0.2, 0) is 13.1 Å². The van der Waals surface area contributed by atoms with Crippen LogP contribution in [0, 0.1) is 0 Å². The van der Waals surface area contributed by atoms with E-state index in [-0.39, 0.29) is 6.10 Å². The van der Waals surface area contributed by atoms with E-state index >= 15 is 0 Å². The van der Waals surface area contributed by atoms with Gasteiger partial charge < -0.3 is 10.4 Å². The molecular weight excluding hydrogens is 410 g/mol. The molecule has 1 aliphatic rings. The fourth-order valence-electron chi connectivity index (χ4n) is 4.31. The minimum Gasteiger partial charge on any atom is -0.393 e. The van der Waals surface area contributed by atoms with Crippen molar-refractivity contribution in [2.24, 2.45) is 0 Å². The molecule has 5 rings (SSSR count). The molecule has 0 unspecified atom stereocenters. The van der Waals surface area contributed by atoms with Gasteiger partial charge in [0.15, 0.2) is 0 Å². The van der Waals surface area contributed by atoms with E-state index in [9.17, 15) is 5.11 Å². The maximum atomic E-state index is 9.75. The van der Waals surface area contributed by atoms with Crippen LogP contribution in [0.3, 0.4) is 0 Å². The van der Waals surface area contributed by atoms with Gasteiger partial charge in [0.05, 0.1) is 17.5 Å². The van der Waals surface area contributed by atoms with Gasteiger partial charge in [0.25, 0.3) is 0 Å². The summed E-state index contributed by atoms with van der Waals surface area (Å²) in [6, 6.07) is 22.8. The zero-order chi connectivity index (χ0) is 22.5. The van der Waals surface area contributed by atoms with E-state index in [1.165, 1.54) is 5.56 Å². The molecule has 3 heterocycles. The third-order valence-electron chi connectivity index (χ3n) is 6.12. The lowest BCUT2D eigenvalue weighted by atomic mass is 10.1. The largest absolute Gasteiger partial charge is 0.393 e. The molecule has 1 saturated heterocycles. The molecule has 2 N–H and O–H groups in total. The highest BCUT2D eigenvalue weighted by molar-refractivity contribution is 5.63. The van der Waals surface area contributed by atoms with Gasteiger partial charge in [-0.3, -0.25) is 9.88 Å². The van der Waals surface area contributed by atoms with Crippen LogP contribution in [0.4, 0.5) is 5.69 Å². The number of rotatable bonds is 7. The molecular formula is C27H29N5O. The Kier molecular flexibility index (Phi) is 6.46. The maximum Gasteiger partial charge on any atom is 0.0992 e. The van der Waals surface area contributed by atoms with E-state index in [4.69, 9.17) is 5.10 Å². The molecule has 0 bridgehead atoms. The number of nitrogens with zero attached hydrogens (tertiary/aromatic N) is 4. The quantitative estimate of drug-likeness (QED) is 0.444. The molecule has 0 radical (unpaired) electrons. The van der Waals surface area contributed by atoms with Crippen LogP contribution >= 0.6 is 0 Å². The summed E-state index contributed by atoms with van der Waals surface area (Å²) in [5, 5.41) is 18.2. The summed E-state index contributed by atoms with van der Waals surface area (Å²) in [7, 11) is 0. The number of piperidine rings is 1. The van der Waals surface area contributed by atoms with Crippen molar-refractivity contribution in [1.82, 2.24) is 19.7 Å². The lowest BCUT2D eigenvalue weighted by Crippen LogP contribution is -2.35. The highest BCUT2D eigenvalue weighted by Crippen LogP contribution is 2.24. The number of aromatic nitrogens is 3. The minimum absolute atomic E-state index is 0.139. The van der Waals surface area contributed by atoms with Crippen molar-refractivity contribution in [2.75, 3.05) is 18.4 Å². The standard InChI is InChI=1S/C27H29N5O/c33-26-11-14-31(15-12-26)19-21-6-4-8-24(16-21)29-18-23-20-32(25-9-2-1-3-10-25)30-27(23)22-7-5-13-28-17-22/h1-10,13,16-17,20,26,29,33H,11-12,14-15,18-19H2. The molecule has 6 nitrogen and oxygen atoms in total. The number of anilines is 1. The van der Waals surface area contributed by atoms with Crippen molar-refractivity contribution >= 4 is 5.69 Å². The van der Waals surface area contributed by atoms with Gasteiger partial charge in [0.1, 0.15) is 0 Å². The molecule has 0 atom stereocenters. The average Bonchev–Trinajstić information content (AvgIpc) is 3.30. The van der Waals surface area contributed by atoms with E-state index in [0.717, 1.165) is 60.7 Å². The fourth-order valence-corrected chi connectivity index (χ4v) is 4.31. The predicted molar refractivity (Wildman–Crippen MR) is 131 cm³/mol. The first-order valence-electron chi connectivity index (χ1n) is 11.5. The summed E-state index contributed by atoms with van der Waals surface area (Å²) in [5.41, 5.74) is 6.45. The molecule has 6 heteroatoms. The zero-order valence-corrected chi connectivity index (χ0v) is 18.6. The van der Waals surface area contributed by atoms with Crippen molar-refractivity contribution in [1.29, 1.82) is 0 Å². The molecule has 0 saturated carbocycles. The van der Waals surface area contributed by atoms with Crippen molar-refractivity contribution in [2.45, 2.75) is 32.0 Å². The molecule has 2 aromatic heterocycles. The van der Waals surface area contributed by atoms with Crippen LogP contribution in [0.15, 0.2) is 85.3 Å². The molecule has 0 spiro atoms. The molecule has 0 amide bonds. The zero-order valence-electron chi connectivity index (χ0n) is 18.6. The molecule has 2 aromatic carbocycles. The van der Waals surface area contributed by atoms with Gasteiger partial charge in [-0.2, -0.15) is 5.10 Å². The van der Waals surface area contributed by atoms with E-state index in [1.807, 2.05) is 41.2 Å². The van der Waals surface area contributed by atoms with Crippen molar-refractivity contribution in [3.63, 3.8) is 0 Å². The predicted octanol–water partition coefficient (Wildman–Crippen LogP) is 4.50. The summed E-state index contributed by atoms with van der Waals surface area (Å²) < 4.78 is 1.93. The maximum absolute atomic E-state index is 9.75. The molecule has 168 valence electrons. The monoisotopic (exact) mass is 439 g/mol. The minimum atomic E-state index is -0.139. The van der Waals surface area contributed by atoms with Crippen LogP contribution in [0.5, 0.6) is 0 Å². The first kappa shape index (κ1) is 21.4. The highest BCUT2D eigenvalue weighted by atomic mass is 16.3. The van der Waals surface area contributed by atoms with Crippen LogP contribution in [0.2, 0.25) is 0 Å². The van der Waals surface area contributed by atoms with E-state index < -0.39 is 0 Å². The number of hydrogen-bond acceptors (Lipinski definition) is 5. The van der Waals surface area contributed by atoms with Crippen molar-refractivity contribution < 1.29 is 5.11 Å². The smallest absolute Gasteiger partial charge is 0.0992 e. The number of pyridine rings is 1. The molecule has 33 heavy (non-hydrogen) atoms. The first-order chi connectivity index (χ1) is 16.2. The molecule has 1 fully saturated rings. The number of likely N-dealkylation sites (tertiary alicyclic amines) is 1. The van der Waals surface area contributed by atoms with Gasteiger partial charge in [0.2, 0.25) is 0 Å². The normalized spacial score (nSPS) is 14.9. The number of benzene rings is 2. The van der Waals surface area contributed by atoms with Crippen LogP contribution < -0.4 is 5.32 Å². The number of aliphatic hydroxyl groups excluding tert-OH is 1. The Morgan fingerprint density at radius 3 is 2.61 bits per heavy atom. The Morgan fingerprint density at radius 2 is 1.82 bits per heavy atom. The van der Waals surface area contributed by atoms with E-state index in [2.05, 4.69) is 57.8 Å². The Morgan fingerprint density at radius 1 is 0.970 bits per heavy atom. The molecule has 1 aliphatic heterocycles. The topological polar surface area (TPSA) is 66.2 Å². The summed E-state index contributed by atoms with van der Waals surface area (Å²) in [5.74, 6) is 0. The summed E-state index contributed by atoms with van der Waals surface area (Å²) in [6.45, 7) is 3.48. The summed E-state index contributed by atoms with van der Waals surface area (Å²) in [6.07, 6.45) is 7.32. The summed E-state index contributed by atoms with van der Waals surface area (Å²) in [4.78, 5) is 6.70. The Bertz CT molecular complexity index is 1170. The lowest BCUT2D eigenvalue weighted by Gasteiger charge is -2.29.